The second-order valence-corrected chi connectivity index (χ2v) is 8.22. The monoisotopic (exact) mass is 453 g/mol. The Morgan fingerprint density at radius 2 is 1.94 bits per heavy atom. The lowest BCUT2D eigenvalue weighted by Crippen LogP contribution is -2.41. The maximum absolute atomic E-state index is 14.3. The largest absolute Gasteiger partial charge is 0.461 e. The van der Waals surface area contributed by atoms with Crippen LogP contribution in [0.5, 0.6) is 0 Å². The molecule has 0 amide bonds. The summed E-state index contributed by atoms with van der Waals surface area (Å²) in [6, 6.07) is 7.60. The first kappa shape index (κ1) is 21.3. The number of piperidine rings is 1. The van der Waals surface area contributed by atoms with Gasteiger partial charge in [-0.25, -0.2) is 13.8 Å². The number of aromatic nitrogens is 4. The molecule has 0 saturated carbocycles. The maximum atomic E-state index is 14.3. The number of hydrogen-bond acceptors (Lipinski definition) is 7. The molecule has 172 valence electrons. The summed E-state index contributed by atoms with van der Waals surface area (Å²) in [4.78, 5) is 11.3. The van der Waals surface area contributed by atoms with Gasteiger partial charge in [0.15, 0.2) is 11.4 Å². The average Bonchev–Trinajstić information content (AvgIpc) is 3.49. The highest BCUT2D eigenvalue weighted by molar-refractivity contribution is 5.66. The van der Waals surface area contributed by atoms with Crippen molar-refractivity contribution < 1.29 is 13.2 Å². The van der Waals surface area contributed by atoms with Crippen LogP contribution in [0.3, 0.4) is 0 Å². The van der Waals surface area contributed by atoms with E-state index in [4.69, 9.17) is 10.2 Å². The van der Waals surface area contributed by atoms with Gasteiger partial charge in [0.2, 0.25) is 11.8 Å². The van der Waals surface area contributed by atoms with E-state index >= 15 is 0 Å². The molecule has 0 spiro atoms. The number of rotatable bonds is 6. The van der Waals surface area contributed by atoms with E-state index < -0.39 is 11.6 Å². The molecular weight excluding hydrogens is 428 g/mol. The third kappa shape index (κ3) is 4.02. The van der Waals surface area contributed by atoms with Crippen LogP contribution in [-0.2, 0) is 13.0 Å². The van der Waals surface area contributed by atoms with Crippen molar-refractivity contribution in [3.63, 3.8) is 0 Å². The van der Waals surface area contributed by atoms with Gasteiger partial charge in [-0.15, -0.1) is 5.10 Å². The van der Waals surface area contributed by atoms with Gasteiger partial charge in [-0.05, 0) is 50.1 Å². The second-order valence-electron chi connectivity index (χ2n) is 8.22. The number of benzene rings is 1. The highest BCUT2D eigenvalue weighted by Crippen LogP contribution is 2.30. The van der Waals surface area contributed by atoms with Crippen molar-refractivity contribution in [2.24, 2.45) is 0 Å². The summed E-state index contributed by atoms with van der Waals surface area (Å²) in [6.07, 6.45) is 5.06. The van der Waals surface area contributed by atoms with E-state index in [0.717, 1.165) is 31.4 Å². The molecule has 4 aromatic rings. The Morgan fingerprint density at radius 3 is 2.67 bits per heavy atom. The van der Waals surface area contributed by atoms with Crippen LogP contribution in [0.15, 0.2) is 41.0 Å². The van der Waals surface area contributed by atoms with Crippen LogP contribution in [0.1, 0.15) is 30.4 Å². The Morgan fingerprint density at radius 1 is 1.12 bits per heavy atom. The molecule has 3 N–H and O–H groups in total. The fraction of sp³-hybridized carbons (Fsp3) is 0.348. The lowest BCUT2D eigenvalue weighted by Gasteiger charge is -2.36. The standard InChI is InChI=1S/C23H25F2N7O/c1-27-20-15(22-28-21(19-9-5-11-33-19)30-32(22)23(26)29-20)12-14-6-2-3-10-31(14)13-16-17(24)7-4-8-18(16)25/h4-5,7-9,11,14,27H,2-3,6,10,12-13H2,1H3,(H2,26,29). The van der Waals surface area contributed by atoms with Crippen LogP contribution in [-0.4, -0.2) is 44.1 Å². The SMILES string of the molecule is CNc1nc(N)n2nc(-c3ccco3)nc2c1CC1CCCCN1Cc1c(F)cccc1F. The molecule has 1 atom stereocenters. The number of anilines is 2. The van der Waals surface area contributed by atoms with Crippen LogP contribution >= 0.6 is 0 Å². The van der Waals surface area contributed by atoms with Crippen LogP contribution in [0, 0.1) is 11.6 Å². The third-order valence-electron chi connectivity index (χ3n) is 6.20. The zero-order valence-corrected chi connectivity index (χ0v) is 18.3. The molecule has 1 unspecified atom stereocenters. The smallest absolute Gasteiger partial charge is 0.225 e. The number of hydrogen-bond donors (Lipinski definition) is 2. The van der Waals surface area contributed by atoms with Crippen molar-refractivity contribution in [3.05, 3.63) is 59.4 Å². The summed E-state index contributed by atoms with van der Waals surface area (Å²) < 4.78 is 35.6. The molecule has 1 aliphatic rings. The number of nitrogen functional groups attached to an aromatic ring is 1. The van der Waals surface area contributed by atoms with Gasteiger partial charge in [0.05, 0.1) is 6.26 Å². The van der Waals surface area contributed by atoms with Crippen molar-refractivity contribution >= 4 is 17.4 Å². The van der Waals surface area contributed by atoms with E-state index in [1.54, 1.807) is 25.4 Å². The van der Waals surface area contributed by atoms with E-state index in [1.165, 1.54) is 22.7 Å². The van der Waals surface area contributed by atoms with Crippen molar-refractivity contribution in [3.8, 4) is 11.6 Å². The Hall–Kier alpha value is -3.53. The van der Waals surface area contributed by atoms with Crippen LogP contribution < -0.4 is 11.1 Å². The zero-order valence-electron chi connectivity index (χ0n) is 18.3. The molecule has 0 radical (unpaired) electrons. The minimum Gasteiger partial charge on any atom is -0.461 e. The molecule has 3 aromatic heterocycles. The minimum atomic E-state index is -0.521. The summed E-state index contributed by atoms with van der Waals surface area (Å²) in [5.41, 5.74) is 7.68. The number of furan rings is 1. The number of nitrogens with zero attached hydrogens (tertiary/aromatic N) is 5. The van der Waals surface area contributed by atoms with Crippen molar-refractivity contribution in [2.45, 2.75) is 38.3 Å². The van der Waals surface area contributed by atoms with E-state index in [2.05, 4.69) is 25.3 Å². The molecule has 5 rings (SSSR count). The fourth-order valence-corrected chi connectivity index (χ4v) is 4.53. The summed E-state index contributed by atoms with van der Waals surface area (Å²) in [6.45, 7) is 0.970. The number of nitrogens with two attached hydrogens (primary N) is 1. The van der Waals surface area contributed by atoms with Gasteiger partial charge >= 0.3 is 0 Å². The quantitative estimate of drug-likeness (QED) is 0.457. The molecular formula is C23H25F2N7O. The predicted octanol–water partition coefficient (Wildman–Crippen LogP) is 3.88. The Balaban J connectivity index is 1.52. The molecule has 1 aliphatic heterocycles. The normalized spacial score (nSPS) is 17.0. The Labute approximate surface area is 189 Å². The number of halogens is 2. The molecule has 0 aliphatic carbocycles. The van der Waals surface area contributed by atoms with Crippen LogP contribution in [0.2, 0.25) is 0 Å². The predicted molar refractivity (Wildman–Crippen MR) is 121 cm³/mol. The average molecular weight is 453 g/mol. The van der Waals surface area contributed by atoms with Crippen LogP contribution in [0.4, 0.5) is 20.5 Å². The lowest BCUT2D eigenvalue weighted by atomic mass is 9.95. The van der Waals surface area contributed by atoms with Crippen LogP contribution in [0.25, 0.3) is 17.2 Å². The van der Waals surface area contributed by atoms with E-state index in [9.17, 15) is 8.78 Å². The molecule has 33 heavy (non-hydrogen) atoms. The highest BCUT2D eigenvalue weighted by atomic mass is 19.1. The van der Waals surface area contributed by atoms with E-state index in [0.29, 0.717) is 29.5 Å². The topological polar surface area (TPSA) is 97.5 Å². The fourth-order valence-electron chi connectivity index (χ4n) is 4.53. The summed E-state index contributed by atoms with van der Waals surface area (Å²) in [5, 5.41) is 7.59. The first-order chi connectivity index (χ1) is 16.0. The Bertz CT molecular complexity index is 1250. The van der Waals surface area contributed by atoms with Gasteiger partial charge in [-0.3, -0.25) is 4.90 Å². The van der Waals surface area contributed by atoms with Crippen molar-refractivity contribution in [1.82, 2.24) is 24.5 Å². The molecule has 4 heterocycles. The van der Waals surface area contributed by atoms with E-state index in [1.807, 2.05) is 0 Å². The maximum Gasteiger partial charge on any atom is 0.225 e. The van der Waals surface area contributed by atoms with Gasteiger partial charge in [0.1, 0.15) is 17.5 Å². The molecule has 1 saturated heterocycles. The molecule has 0 bridgehead atoms. The molecule has 10 heteroatoms. The van der Waals surface area contributed by atoms with Gasteiger partial charge in [-0.1, -0.05) is 12.5 Å². The number of likely N-dealkylation sites (tertiary alicyclic amines) is 1. The summed E-state index contributed by atoms with van der Waals surface area (Å²) >= 11 is 0. The van der Waals surface area contributed by atoms with Gasteiger partial charge < -0.3 is 15.5 Å². The first-order valence-corrected chi connectivity index (χ1v) is 11.0. The molecule has 1 fully saturated rings. The van der Waals surface area contributed by atoms with Gasteiger partial charge in [0.25, 0.3) is 0 Å². The Kier molecular flexibility index (Phi) is 5.67. The zero-order chi connectivity index (χ0) is 22.9. The summed E-state index contributed by atoms with van der Waals surface area (Å²) in [5.74, 6) is 0.722. The van der Waals surface area contributed by atoms with Gasteiger partial charge in [-0.2, -0.15) is 9.50 Å². The van der Waals surface area contributed by atoms with E-state index in [-0.39, 0.29) is 24.1 Å². The molecule has 1 aromatic carbocycles. The minimum absolute atomic E-state index is 0.0582. The number of fused-ring (bicyclic) bond motifs is 1. The third-order valence-corrected chi connectivity index (χ3v) is 6.20. The highest BCUT2D eigenvalue weighted by Gasteiger charge is 2.28. The summed E-state index contributed by atoms with van der Waals surface area (Å²) in [7, 11) is 1.78. The van der Waals surface area contributed by atoms with Crippen molar-refractivity contribution in [1.29, 1.82) is 0 Å². The first-order valence-electron chi connectivity index (χ1n) is 11.0. The van der Waals surface area contributed by atoms with Crippen molar-refractivity contribution in [2.75, 3.05) is 24.6 Å². The lowest BCUT2D eigenvalue weighted by molar-refractivity contribution is 0.136. The second kappa shape index (κ2) is 8.78. The molecule has 8 nitrogen and oxygen atoms in total. The van der Waals surface area contributed by atoms with Gasteiger partial charge in [0, 0.05) is 30.8 Å². The number of nitrogens with one attached hydrogen (secondary N) is 1.